The molecule has 0 heterocycles. The van der Waals surface area contributed by atoms with Crippen molar-refractivity contribution in [2.45, 2.75) is 6.36 Å². The predicted molar refractivity (Wildman–Crippen MR) is 69.9 cm³/mol. The van der Waals surface area contributed by atoms with E-state index in [0.29, 0.717) is 0 Å². The Morgan fingerprint density at radius 3 is 2.41 bits per heavy atom. The van der Waals surface area contributed by atoms with E-state index >= 15 is 0 Å². The minimum atomic E-state index is -4.86. The summed E-state index contributed by atoms with van der Waals surface area (Å²) >= 11 is 0. The highest BCUT2D eigenvalue weighted by Gasteiger charge is 2.31. The topological polar surface area (TPSA) is 35.5 Å². The van der Waals surface area contributed by atoms with Gasteiger partial charge in [0.2, 0.25) is 0 Å². The molecule has 0 atom stereocenters. The Kier molecular flexibility index (Phi) is 4.35. The van der Waals surface area contributed by atoms with Gasteiger partial charge in [-0.25, -0.2) is 9.18 Å². The molecule has 0 unspecified atom stereocenters. The fourth-order valence-corrected chi connectivity index (χ4v) is 1.95. The highest BCUT2D eigenvalue weighted by atomic mass is 19.4. The van der Waals surface area contributed by atoms with Gasteiger partial charge in [0, 0.05) is 5.56 Å². The van der Waals surface area contributed by atoms with Crippen LogP contribution in [0.2, 0.25) is 0 Å². The molecule has 0 fully saturated rings. The Labute approximate surface area is 123 Å². The highest BCUT2D eigenvalue weighted by molar-refractivity contribution is 5.97. The molecule has 0 aliphatic heterocycles. The molecule has 0 N–H and O–H groups in total. The lowest BCUT2D eigenvalue weighted by atomic mass is 9.99. The van der Waals surface area contributed by atoms with Gasteiger partial charge in [0.1, 0.15) is 11.6 Å². The third-order valence-corrected chi connectivity index (χ3v) is 2.78. The fraction of sp³-hybridized carbons (Fsp3) is 0.133. The molecule has 22 heavy (non-hydrogen) atoms. The molecule has 0 radical (unpaired) electrons. The molecule has 0 bridgehead atoms. The predicted octanol–water partition coefficient (Wildman–Crippen LogP) is 4.18. The molecule has 0 spiro atoms. The van der Waals surface area contributed by atoms with Gasteiger partial charge in [-0.2, -0.15) is 0 Å². The number of hydrogen-bond donors (Lipinski definition) is 0. The number of alkyl halides is 3. The average Bonchev–Trinajstić information content (AvgIpc) is 2.44. The van der Waals surface area contributed by atoms with E-state index in [1.165, 1.54) is 24.3 Å². The first-order valence-electron chi connectivity index (χ1n) is 6.05. The van der Waals surface area contributed by atoms with E-state index < -0.39 is 23.9 Å². The summed E-state index contributed by atoms with van der Waals surface area (Å²) in [5, 5.41) is 0. The Morgan fingerprint density at radius 1 is 1.09 bits per heavy atom. The van der Waals surface area contributed by atoms with Crippen LogP contribution in [-0.2, 0) is 4.74 Å². The first kappa shape index (κ1) is 15.8. The van der Waals surface area contributed by atoms with Crippen LogP contribution in [0.5, 0.6) is 5.75 Å². The molecule has 0 saturated heterocycles. The maximum absolute atomic E-state index is 14.0. The van der Waals surface area contributed by atoms with Crippen LogP contribution in [0.1, 0.15) is 10.4 Å². The number of halogens is 4. The number of methoxy groups -OCH3 is 1. The van der Waals surface area contributed by atoms with E-state index in [2.05, 4.69) is 9.47 Å². The van der Waals surface area contributed by atoms with Crippen LogP contribution in [-0.4, -0.2) is 19.4 Å². The number of benzene rings is 2. The molecule has 116 valence electrons. The second-order valence-corrected chi connectivity index (χ2v) is 4.23. The summed E-state index contributed by atoms with van der Waals surface area (Å²) < 4.78 is 59.1. The summed E-state index contributed by atoms with van der Waals surface area (Å²) in [4.78, 5) is 11.7. The van der Waals surface area contributed by atoms with Crippen LogP contribution < -0.4 is 4.74 Å². The largest absolute Gasteiger partial charge is 0.573 e. The molecule has 0 saturated carbocycles. The van der Waals surface area contributed by atoms with Gasteiger partial charge in [-0.3, -0.25) is 0 Å². The summed E-state index contributed by atoms with van der Waals surface area (Å²) in [7, 11) is 1.13. The quantitative estimate of drug-likeness (QED) is 0.630. The highest BCUT2D eigenvalue weighted by Crippen LogP contribution is 2.31. The lowest BCUT2D eigenvalue weighted by Gasteiger charge is -2.12. The van der Waals surface area contributed by atoms with Crippen molar-refractivity contribution in [1.82, 2.24) is 0 Å². The molecule has 2 rings (SSSR count). The van der Waals surface area contributed by atoms with Crippen molar-refractivity contribution in [3.63, 3.8) is 0 Å². The number of esters is 1. The van der Waals surface area contributed by atoms with E-state index in [4.69, 9.17) is 0 Å². The first-order valence-corrected chi connectivity index (χ1v) is 6.05. The number of carbonyl (C=O) groups excluding carboxylic acids is 1. The molecule has 3 nitrogen and oxygen atoms in total. The van der Waals surface area contributed by atoms with E-state index in [-0.39, 0.29) is 16.7 Å². The Balaban J connectivity index is 2.53. The number of ether oxygens (including phenoxy) is 2. The zero-order chi connectivity index (χ0) is 16.3. The van der Waals surface area contributed by atoms with Crippen LogP contribution >= 0.6 is 0 Å². The van der Waals surface area contributed by atoms with Crippen LogP contribution in [0.3, 0.4) is 0 Å². The minimum Gasteiger partial charge on any atom is -0.465 e. The van der Waals surface area contributed by atoms with Crippen molar-refractivity contribution in [1.29, 1.82) is 0 Å². The van der Waals surface area contributed by atoms with Gasteiger partial charge in [0.25, 0.3) is 0 Å². The van der Waals surface area contributed by atoms with Crippen molar-refractivity contribution >= 4 is 5.97 Å². The smallest absolute Gasteiger partial charge is 0.465 e. The minimum absolute atomic E-state index is 0.0697. The van der Waals surface area contributed by atoms with Gasteiger partial charge in [-0.05, 0) is 29.8 Å². The summed E-state index contributed by atoms with van der Waals surface area (Å²) in [5.41, 5.74) is -0.172. The zero-order valence-corrected chi connectivity index (χ0v) is 11.3. The average molecular weight is 314 g/mol. The molecule has 2 aromatic carbocycles. The van der Waals surface area contributed by atoms with Gasteiger partial charge >= 0.3 is 12.3 Å². The van der Waals surface area contributed by atoms with E-state index in [1.54, 1.807) is 0 Å². The molecular weight excluding hydrogens is 304 g/mol. The maximum Gasteiger partial charge on any atom is 0.573 e. The summed E-state index contributed by atoms with van der Waals surface area (Å²) in [6.45, 7) is 0. The third kappa shape index (κ3) is 3.55. The molecular formula is C15H10F4O3. The normalized spacial score (nSPS) is 11.1. The standard InChI is InChI=1S/C15H10F4O3/c1-21-14(20)11-6-3-7-12(16)13(11)9-4-2-5-10(8-9)22-15(17,18)19/h2-8H,1H3. The van der Waals surface area contributed by atoms with Crippen molar-refractivity contribution in [3.8, 4) is 16.9 Å². The third-order valence-electron chi connectivity index (χ3n) is 2.78. The summed E-state index contributed by atoms with van der Waals surface area (Å²) in [6.07, 6.45) is -4.86. The lowest BCUT2D eigenvalue weighted by molar-refractivity contribution is -0.274. The van der Waals surface area contributed by atoms with E-state index in [9.17, 15) is 22.4 Å². The number of hydrogen-bond acceptors (Lipinski definition) is 3. The van der Waals surface area contributed by atoms with Gasteiger partial charge in [-0.1, -0.05) is 18.2 Å². The lowest BCUT2D eigenvalue weighted by Crippen LogP contribution is -2.17. The second-order valence-electron chi connectivity index (χ2n) is 4.23. The van der Waals surface area contributed by atoms with E-state index in [1.807, 2.05) is 0 Å². The van der Waals surface area contributed by atoms with Gasteiger partial charge in [-0.15, -0.1) is 13.2 Å². The fourth-order valence-electron chi connectivity index (χ4n) is 1.95. The first-order chi connectivity index (χ1) is 10.3. The zero-order valence-electron chi connectivity index (χ0n) is 11.3. The monoisotopic (exact) mass is 314 g/mol. The Bertz CT molecular complexity index is 695. The molecule has 7 heteroatoms. The van der Waals surface area contributed by atoms with Crippen molar-refractivity contribution in [3.05, 3.63) is 53.8 Å². The van der Waals surface area contributed by atoms with Crippen LogP contribution in [0.25, 0.3) is 11.1 Å². The maximum atomic E-state index is 14.0. The number of carbonyl (C=O) groups is 1. The van der Waals surface area contributed by atoms with E-state index in [0.717, 1.165) is 25.3 Å². The van der Waals surface area contributed by atoms with Gasteiger partial charge in [0.05, 0.1) is 12.7 Å². The van der Waals surface area contributed by atoms with Crippen LogP contribution in [0.4, 0.5) is 17.6 Å². The van der Waals surface area contributed by atoms with Crippen molar-refractivity contribution < 1.29 is 31.8 Å². The Hall–Kier alpha value is -2.57. The summed E-state index contributed by atoms with van der Waals surface area (Å²) in [5.74, 6) is -2.06. The SMILES string of the molecule is COC(=O)c1cccc(F)c1-c1cccc(OC(F)(F)F)c1. The molecule has 0 aliphatic rings. The molecule has 0 amide bonds. The van der Waals surface area contributed by atoms with Gasteiger partial charge in [0.15, 0.2) is 0 Å². The van der Waals surface area contributed by atoms with Gasteiger partial charge < -0.3 is 9.47 Å². The second kappa shape index (κ2) is 6.05. The Morgan fingerprint density at radius 2 is 1.77 bits per heavy atom. The van der Waals surface area contributed by atoms with Crippen LogP contribution in [0.15, 0.2) is 42.5 Å². The molecule has 0 aliphatic carbocycles. The molecule has 2 aromatic rings. The van der Waals surface area contributed by atoms with Crippen molar-refractivity contribution in [2.24, 2.45) is 0 Å². The van der Waals surface area contributed by atoms with Crippen molar-refractivity contribution in [2.75, 3.05) is 7.11 Å². The summed E-state index contributed by atoms with van der Waals surface area (Å²) in [6, 6.07) is 8.44. The number of rotatable bonds is 3. The molecule has 0 aromatic heterocycles. The van der Waals surface area contributed by atoms with Crippen LogP contribution in [0, 0.1) is 5.82 Å².